The molecule has 0 aliphatic carbocycles. The van der Waals surface area contributed by atoms with Crippen molar-refractivity contribution >= 4 is 34.8 Å². The van der Waals surface area contributed by atoms with Crippen LogP contribution in [0.1, 0.15) is 32.0 Å². The van der Waals surface area contributed by atoms with Crippen LogP contribution in [0.15, 0.2) is 102 Å². The van der Waals surface area contributed by atoms with Crippen molar-refractivity contribution in [1.29, 1.82) is 0 Å². The van der Waals surface area contributed by atoms with Gasteiger partial charge in [0.25, 0.3) is 11.8 Å². The molecule has 1 aromatic heterocycles. The Morgan fingerprint density at radius 3 is 2.19 bits per heavy atom. The van der Waals surface area contributed by atoms with Crippen molar-refractivity contribution in [2.24, 2.45) is 0 Å². The number of nitrogens with one attached hydrogen (secondary N) is 3. The third kappa shape index (κ3) is 7.28. The summed E-state index contributed by atoms with van der Waals surface area (Å²) in [5.41, 5.74) is 2.80. The molecule has 3 N–H and O–H groups in total. The molecule has 4 rings (SSSR count). The van der Waals surface area contributed by atoms with E-state index in [1.165, 1.54) is 5.56 Å². The van der Waals surface area contributed by atoms with Gasteiger partial charge in [0.2, 0.25) is 0 Å². The lowest BCUT2D eigenvalue weighted by Crippen LogP contribution is -2.34. The van der Waals surface area contributed by atoms with Gasteiger partial charge in [-0.2, -0.15) is 0 Å². The van der Waals surface area contributed by atoms with Crippen LogP contribution in [0, 0.1) is 0 Å². The number of anilines is 1. The Morgan fingerprint density at radius 2 is 1.50 bits per heavy atom. The molecule has 3 aromatic carbocycles. The second-order valence-corrected chi connectivity index (χ2v) is 8.26. The molecule has 1 heterocycles. The van der Waals surface area contributed by atoms with Gasteiger partial charge in [-0.25, -0.2) is 0 Å². The number of amides is 2. The summed E-state index contributed by atoms with van der Waals surface area (Å²) >= 11 is 5.26. The summed E-state index contributed by atoms with van der Waals surface area (Å²) in [6, 6.07) is 27.3. The number of benzene rings is 3. The highest BCUT2D eigenvalue weighted by Crippen LogP contribution is 2.14. The van der Waals surface area contributed by atoms with Gasteiger partial charge in [0, 0.05) is 23.2 Å². The van der Waals surface area contributed by atoms with E-state index in [4.69, 9.17) is 21.4 Å². The highest BCUT2D eigenvalue weighted by atomic mass is 32.1. The van der Waals surface area contributed by atoms with Crippen LogP contribution in [0.4, 0.5) is 5.69 Å². The standard InChI is InChI=1S/C28H25N3O4S/c32-26(29-19-25-7-4-17-34-25)21-8-12-23(13-9-21)30-28(36)31-27(33)22-10-14-24(15-11-22)35-18-16-20-5-2-1-3-6-20/h1-15,17H,16,18-19H2,(H,29,32)(H2,30,31,33,36). The van der Waals surface area contributed by atoms with Crippen molar-refractivity contribution in [3.63, 3.8) is 0 Å². The fourth-order valence-corrected chi connectivity index (χ4v) is 3.57. The molecule has 0 aliphatic heterocycles. The van der Waals surface area contributed by atoms with Gasteiger partial charge in [-0.1, -0.05) is 30.3 Å². The number of carbonyl (C=O) groups is 2. The van der Waals surface area contributed by atoms with Gasteiger partial charge in [-0.15, -0.1) is 0 Å². The van der Waals surface area contributed by atoms with Gasteiger partial charge in [-0.3, -0.25) is 14.9 Å². The molecule has 8 heteroatoms. The second-order valence-electron chi connectivity index (χ2n) is 7.86. The summed E-state index contributed by atoms with van der Waals surface area (Å²) in [5.74, 6) is 0.808. The summed E-state index contributed by atoms with van der Waals surface area (Å²) < 4.78 is 11.0. The molecule has 4 aromatic rings. The molecule has 0 spiro atoms. The number of rotatable bonds is 9. The maximum atomic E-state index is 12.5. The average molecular weight is 500 g/mol. The van der Waals surface area contributed by atoms with Crippen LogP contribution in [0.5, 0.6) is 5.75 Å². The fraction of sp³-hybridized carbons (Fsp3) is 0.107. The molecule has 0 radical (unpaired) electrons. The Morgan fingerprint density at radius 1 is 0.806 bits per heavy atom. The second kappa shape index (κ2) is 12.3. The molecule has 182 valence electrons. The Hall–Kier alpha value is -4.43. The van der Waals surface area contributed by atoms with E-state index in [2.05, 4.69) is 28.1 Å². The number of hydrogen-bond donors (Lipinski definition) is 3. The van der Waals surface area contributed by atoms with Crippen LogP contribution in [-0.2, 0) is 13.0 Å². The van der Waals surface area contributed by atoms with Crippen molar-refractivity contribution < 1.29 is 18.7 Å². The fourth-order valence-electron chi connectivity index (χ4n) is 3.36. The molecular formula is C28H25N3O4S. The van der Waals surface area contributed by atoms with E-state index in [9.17, 15) is 9.59 Å². The van der Waals surface area contributed by atoms with Crippen LogP contribution in [0.2, 0.25) is 0 Å². The minimum Gasteiger partial charge on any atom is -0.493 e. The zero-order valence-corrected chi connectivity index (χ0v) is 20.2. The normalized spacial score (nSPS) is 10.3. The largest absolute Gasteiger partial charge is 0.493 e. The van der Waals surface area contributed by atoms with Gasteiger partial charge in [0.1, 0.15) is 11.5 Å². The molecule has 0 saturated carbocycles. The maximum Gasteiger partial charge on any atom is 0.257 e. The Bertz CT molecular complexity index is 1290. The highest BCUT2D eigenvalue weighted by molar-refractivity contribution is 7.80. The SMILES string of the molecule is O=C(NCc1ccco1)c1ccc(NC(=S)NC(=O)c2ccc(OCCc3ccccc3)cc2)cc1. The summed E-state index contributed by atoms with van der Waals surface area (Å²) in [7, 11) is 0. The van der Waals surface area contributed by atoms with Crippen molar-refractivity contribution in [1.82, 2.24) is 10.6 Å². The predicted molar refractivity (Wildman–Crippen MR) is 142 cm³/mol. The molecule has 0 atom stereocenters. The lowest BCUT2D eigenvalue weighted by atomic mass is 10.2. The zero-order valence-electron chi connectivity index (χ0n) is 19.4. The summed E-state index contributed by atoms with van der Waals surface area (Å²) in [6.07, 6.45) is 2.36. The number of ether oxygens (including phenoxy) is 1. The average Bonchev–Trinajstić information content (AvgIpc) is 3.42. The third-order valence-electron chi connectivity index (χ3n) is 5.25. The minimum atomic E-state index is -0.336. The van der Waals surface area contributed by atoms with Crippen LogP contribution in [0.25, 0.3) is 0 Å². The Balaban J connectivity index is 1.21. The van der Waals surface area contributed by atoms with Gasteiger partial charge in [0.05, 0.1) is 19.4 Å². The maximum absolute atomic E-state index is 12.5. The lowest BCUT2D eigenvalue weighted by molar-refractivity contribution is 0.0946. The first-order valence-electron chi connectivity index (χ1n) is 11.4. The van der Waals surface area contributed by atoms with Gasteiger partial charge >= 0.3 is 0 Å². The quantitative estimate of drug-likeness (QED) is 0.282. The number of carbonyl (C=O) groups excluding carboxylic acids is 2. The molecule has 7 nitrogen and oxygen atoms in total. The van der Waals surface area contributed by atoms with Crippen molar-refractivity contribution in [3.8, 4) is 5.75 Å². The Kier molecular flexibility index (Phi) is 8.45. The molecular weight excluding hydrogens is 474 g/mol. The van der Waals surface area contributed by atoms with Crippen molar-refractivity contribution in [2.75, 3.05) is 11.9 Å². The van der Waals surface area contributed by atoms with Crippen molar-refractivity contribution in [3.05, 3.63) is 120 Å². The van der Waals surface area contributed by atoms with E-state index >= 15 is 0 Å². The van der Waals surface area contributed by atoms with Crippen molar-refractivity contribution in [2.45, 2.75) is 13.0 Å². The van der Waals surface area contributed by atoms with Crippen LogP contribution >= 0.6 is 12.2 Å². The number of hydrogen-bond acceptors (Lipinski definition) is 5. The van der Waals surface area contributed by atoms with Gasteiger partial charge < -0.3 is 19.8 Å². The van der Waals surface area contributed by atoms with E-state index in [0.29, 0.717) is 41.5 Å². The summed E-state index contributed by atoms with van der Waals surface area (Å²) in [5, 5.41) is 8.53. The summed E-state index contributed by atoms with van der Waals surface area (Å²) in [4.78, 5) is 24.8. The van der Waals surface area contributed by atoms with Crippen LogP contribution in [0.3, 0.4) is 0 Å². The van der Waals surface area contributed by atoms with E-state index in [-0.39, 0.29) is 16.9 Å². The van der Waals surface area contributed by atoms with E-state index in [1.54, 1.807) is 66.9 Å². The first-order chi connectivity index (χ1) is 17.6. The van der Waals surface area contributed by atoms with Gasteiger partial charge in [-0.05, 0) is 78.4 Å². The van der Waals surface area contributed by atoms with Crippen LogP contribution in [-0.4, -0.2) is 23.5 Å². The molecule has 0 bridgehead atoms. The summed E-state index contributed by atoms with van der Waals surface area (Å²) in [6.45, 7) is 0.858. The van der Waals surface area contributed by atoms with Gasteiger partial charge in [0.15, 0.2) is 5.11 Å². The topological polar surface area (TPSA) is 92.6 Å². The smallest absolute Gasteiger partial charge is 0.257 e. The molecule has 0 saturated heterocycles. The highest BCUT2D eigenvalue weighted by Gasteiger charge is 2.10. The molecule has 0 fully saturated rings. The van der Waals surface area contributed by atoms with E-state index in [1.807, 2.05) is 18.2 Å². The van der Waals surface area contributed by atoms with E-state index in [0.717, 1.165) is 6.42 Å². The minimum absolute atomic E-state index is 0.151. The lowest BCUT2D eigenvalue weighted by Gasteiger charge is -2.11. The molecule has 36 heavy (non-hydrogen) atoms. The third-order valence-corrected chi connectivity index (χ3v) is 5.46. The monoisotopic (exact) mass is 499 g/mol. The van der Waals surface area contributed by atoms with Crippen LogP contribution < -0.4 is 20.7 Å². The molecule has 0 aliphatic rings. The number of thiocarbonyl (C=S) groups is 1. The first-order valence-corrected chi connectivity index (χ1v) is 11.8. The Labute approximate surface area is 214 Å². The zero-order chi connectivity index (χ0) is 25.2. The molecule has 0 unspecified atom stereocenters. The predicted octanol–water partition coefficient (Wildman–Crippen LogP) is 4.96. The molecule has 2 amide bonds. The van der Waals surface area contributed by atoms with E-state index < -0.39 is 0 Å². The number of furan rings is 1. The first kappa shape index (κ1) is 24.7.